The molecule has 0 heterocycles. The monoisotopic (exact) mass is 288 g/mol. The smallest absolute Gasteiger partial charge is 0.203 e. The van der Waals surface area contributed by atoms with Crippen molar-refractivity contribution in [3.05, 3.63) is 23.8 Å². The molecule has 3 fully saturated rings. The van der Waals surface area contributed by atoms with Gasteiger partial charge in [-0.2, -0.15) is 0 Å². The molecule has 0 aromatic carbocycles. The molecule has 0 aromatic heterocycles. The molecule has 0 radical (unpaired) electrons. The molecule has 0 aromatic rings. The van der Waals surface area contributed by atoms with Gasteiger partial charge in [-0.15, -0.1) is 0 Å². The summed E-state index contributed by atoms with van der Waals surface area (Å²) in [5, 5.41) is 19.6. The van der Waals surface area contributed by atoms with Gasteiger partial charge in [0.05, 0.1) is 0 Å². The van der Waals surface area contributed by atoms with Gasteiger partial charge in [-0.05, 0) is 62.0 Å². The summed E-state index contributed by atoms with van der Waals surface area (Å²) in [5.74, 6) is 0.847. The molecule has 0 spiro atoms. The third-order valence-corrected chi connectivity index (χ3v) is 6.80. The zero-order valence-electron chi connectivity index (χ0n) is 12.6. The van der Waals surface area contributed by atoms with E-state index < -0.39 is 5.79 Å². The Morgan fingerprint density at radius 2 is 1.95 bits per heavy atom. The van der Waals surface area contributed by atoms with Gasteiger partial charge in [-0.25, -0.2) is 0 Å². The average molecular weight is 288 g/mol. The van der Waals surface area contributed by atoms with Gasteiger partial charge in [-0.1, -0.05) is 18.6 Å². The summed E-state index contributed by atoms with van der Waals surface area (Å²) in [6.45, 7) is 2.19. The van der Waals surface area contributed by atoms with Gasteiger partial charge < -0.3 is 10.2 Å². The number of fused-ring (bicyclic) bond motifs is 5. The second-order valence-electron chi connectivity index (χ2n) is 7.78. The molecule has 0 saturated heterocycles. The Morgan fingerprint density at radius 3 is 2.76 bits per heavy atom. The molecule has 114 valence electrons. The van der Waals surface area contributed by atoms with Crippen LogP contribution in [0.25, 0.3) is 0 Å². The molecular weight excluding hydrogens is 264 g/mol. The SMILES string of the molecule is C[C@]12CC[C@H]3[C@@H](CCC4=CC(O)(O)C=C[C@@H]43)[C@@H]1CCC2=O. The fourth-order valence-electron chi connectivity index (χ4n) is 5.72. The highest BCUT2D eigenvalue weighted by molar-refractivity contribution is 5.87. The lowest BCUT2D eigenvalue weighted by atomic mass is 9.53. The van der Waals surface area contributed by atoms with Crippen molar-refractivity contribution < 1.29 is 15.0 Å². The number of carbonyl (C=O) groups excluding carboxylic acids is 1. The molecule has 3 nitrogen and oxygen atoms in total. The average Bonchev–Trinajstić information content (AvgIpc) is 2.73. The fourth-order valence-corrected chi connectivity index (χ4v) is 5.72. The van der Waals surface area contributed by atoms with Crippen molar-refractivity contribution in [2.45, 2.75) is 51.2 Å². The molecule has 4 aliphatic carbocycles. The van der Waals surface area contributed by atoms with Crippen LogP contribution in [0.5, 0.6) is 0 Å². The largest absolute Gasteiger partial charge is 0.359 e. The second-order valence-corrected chi connectivity index (χ2v) is 7.78. The molecule has 0 amide bonds. The van der Waals surface area contributed by atoms with E-state index in [2.05, 4.69) is 6.92 Å². The minimum Gasteiger partial charge on any atom is -0.359 e. The Kier molecular flexibility index (Phi) is 2.81. The van der Waals surface area contributed by atoms with E-state index >= 15 is 0 Å². The fraction of sp³-hybridized carbons (Fsp3) is 0.722. The van der Waals surface area contributed by atoms with Crippen LogP contribution in [0, 0.1) is 29.1 Å². The number of hydrogen-bond acceptors (Lipinski definition) is 3. The van der Waals surface area contributed by atoms with Gasteiger partial charge in [0.2, 0.25) is 5.79 Å². The molecule has 0 bridgehead atoms. The molecule has 4 aliphatic rings. The summed E-state index contributed by atoms with van der Waals surface area (Å²) in [5.41, 5.74) is 1.12. The van der Waals surface area contributed by atoms with Gasteiger partial charge in [-0.3, -0.25) is 4.79 Å². The van der Waals surface area contributed by atoms with Crippen LogP contribution in [-0.4, -0.2) is 21.8 Å². The maximum Gasteiger partial charge on any atom is 0.203 e. The summed E-state index contributed by atoms with van der Waals surface area (Å²) >= 11 is 0. The molecule has 5 atom stereocenters. The van der Waals surface area contributed by atoms with Crippen LogP contribution in [0.2, 0.25) is 0 Å². The highest BCUT2D eigenvalue weighted by atomic mass is 16.5. The van der Waals surface area contributed by atoms with Gasteiger partial charge >= 0.3 is 0 Å². The van der Waals surface area contributed by atoms with Crippen LogP contribution in [0.4, 0.5) is 0 Å². The summed E-state index contributed by atoms with van der Waals surface area (Å²) in [6, 6.07) is 0. The van der Waals surface area contributed by atoms with E-state index in [1.807, 2.05) is 6.08 Å². The third kappa shape index (κ3) is 1.90. The van der Waals surface area contributed by atoms with Crippen molar-refractivity contribution in [2.75, 3.05) is 0 Å². The van der Waals surface area contributed by atoms with E-state index in [0.717, 1.165) is 38.5 Å². The van der Waals surface area contributed by atoms with E-state index in [4.69, 9.17) is 0 Å². The van der Waals surface area contributed by atoms with Crippen molar-refractivity contribution in [2.24, 2.45) is 29.1 Å². The van der Waals surface area contributed by atoms with Crippen LogP contribution in [0.15, 0.2) is 23.8 Å². The minimum atomic E-state index is -1.76. The minimum absolute atomic E-state index is 0.0710. The van der Waals surface area contributed by atoms with Crippen molar-refractivity contribution in [1.82, 2.24) is 0 Å². The maximum absolute atomic E-state index is 12.3. The lowest BCUT2D eigenvalue weighted by Gasteiger charge is -2.51. The van der Waals surface area contributed by atoms with E-state index in [9.17, 15) is 15.0 Å². The summed E-state index contributed by atoms with van der Waals surface area (Å²) in [6.07, 6.45) is 11.2. The normalized spacial score (nSPS) is 47.4. The van der Waals surface area contributed by atoms with Crippen LogP contribution in [-0.2, 0) is 4.79 Å². The summed E-state index contributed by atoms with van der Waals surface area (Å²) in [7, 11) is 0. The highest BCUT2D eigenvalue weighted by Gasteiger charge is 2.55. The van der Waals surface area contributed by atoms with Crippen LogP contribution in [0.1, 0.15) is 45.4 Å². The van der Waals surface area contributed by atoms with Crippen molar-refractivity contribution in [3.8, 4) is 0 Å². The van der Waals surface area contributed by atoms with Gasteiger partial charge in [0, 0.05) is 17.8 Å². The van der Waals surface area contributed by atoms with Crippen LogP contribution < -0.4 is 0 Å². The molecule has 3 heteroatoms. The molecule has 21 heavy (non-hydrogen) atoms. The van der Waals surface area contributed by atoms with E-state index in [0.29, 0.717) is 29.5 Å². The second kappa shape index (κ2) is 4.30. The molecule has 3 saturated carbocycles. The molecule has 0 unspecified atom stereocenters. The van der Waals surface area contributed by atoms with Gasteiger partial charge in [0.1, 0.15) is 5.78 Å². The van der Waals surface area contributed by atoms with Gasteiger partial charge in [0.15, 0.2) is 0 Å². The zero-order chi connectivity index (χ0) is 14.8. The molecular formula is C18H24O3. The topological polar surface area (TPSA) is 57.5 Å². The molecule has 0 aliphatic heterocycles. The molecule has 4 rings (SSSR count). The van der Waals surface area contributed by atoms with E-state index in [1.165, 1.54) is 11.6 Å². The van der Waals surface area contributed by atoms with E-state index in [1.54, 1.807) is 6.08 Å². The Morgan fingerprint density at radius 1 is 1.14 bits per heavy atom. The lowest BCUT2D eigenvalue weighted by molar-refractivity contribution is -0.130. The van der Waals surface area contributed by atoms with Crippen molar-refractivity contribution >= 4 is 5.78 Å². The number of aliphatic hydroxyl groups is 2. The van der Waals surface area contributed by atoms with Crippen LogP contribution >= 0.6 is 0 Å². The first-order chi connectivity index (χ1) is 9.91. The van der Waals surface area contributed by atoms with Crippen molar-refractivity contribution in [3.63, 3.8) is 0 Å². The highest BCUT2D eigenvalue weighted by Crippen LogP contribution is 2.60. The first kappa shape index (κ1) is 13.7. The number of hydrogen-bond donors (Lipinski definition) is 2. The maximum atomic E-state index is 12.3. The van der Waals surface area contributed by atoms with Gasteiger partial charge in [0.25, 0.3) is 0 Å². The predicted molar refractivity (Wildman–Crippen MR) is 79.2 cm³/mol. The summed E-state index contributed by atoms with van der Waals surface area (Å²) < 4.78 is 0. The number of allylic oxidation sites excluding steroid dienone is 2. The third-order valence-electron chi connectivity index (χ3n) is 6.80. The summed E-state index contributed by atoms with van der Waals surface area (Å²) in [4.78, 5) is 12.3. The standard InChI is InChI=1S/C18H24O3/c1-17-8-6-13-12-7-9-18(20,21)10-11(12)2-3-14(13)15(17)4-5-16(17)19/h7,9-10,12-15,20-21H,2-6,8H2,1H3/t12-,13+,14+,15-,17-/m0/s1. The zero-order valence-corrected chi connectivity index (χ0v) is 12.6. The Hall–Kier alpha value is -0.930. The lowest BCUT2D eigenvalue weighted by Crippen LogP contribution is -2.46. The predicted octanol–water partition coefficient (Wildman–Crippen LogP) is 2.59. The molecule has 2 N–H and O–H groups in total. The number of rotatable bonds is 0. The Bertz CT molecular complexity index is 545. The van der Waals surface area contributed by atoms with Crippen molar-refractivity contribution in [1.29, 1.82) is 0 Å². The Balaban J connectivity index is 1.65. The number of Topliss-reactive ketones (excluding diaryl/α,β-unsaturated/α-hetero) is 1. The van der Waals surface area contributed by atoms with E-state index in [-0.39, 0.29) is 5.41 Å². The number of ketones is 1. The Labute approximate surface area is 125 Å². The van der Waals surface area contributed by atoms with Crippen LogP contribution in [0.3, 0.4) is 0 Å². The number of carbonyl (C=O) groups is 1. The first-order valence-electron chi connectivity index (χ1n) is 8.30. The quantitative estimate of drug-likeness (QED) is 0.532. The first-order valence-corrected chi connectivity index (χ1v) is 8.30.